The van der Waals surface area contributed by atoms with Gasteiger partial charge in [0.2, 0.25) is 11.8 Å². The molecule has 5 nitrogen and oxygen atoms in total. The second-order valence-corrected chi connectivity index (χ2v) is 6.59. The Morgan fingerprint density at radius 2 is 1.41 bits per heavy atom. The van der Waals surface area contributed by atoms with Crippen molar-refractivity contribution in [1.29, 1.82) is 0 Å². The summed E-state index contributed by atoms with van der Waals surface area (Å²) in [6.45, 7) is 1.76. The molecule has 0 N–H and O–H groups in total. The lowest BCUT2D eigenvalue weighted by molar-refractivity contribution is -0.118. The van der Waals surface area contributed by atoms with Gasteiger partial charge in [-0.2, -0.15) is 0 Å². The number of amides is 2. The van der Waals surface area contributed by atoms with Crippen LogP contribution in [0.5, 0.6) is 11.5 Å². The predicted octanol–water partition coefficient (Wildman–Crippen LogP) is 4.88. The topological polar surface area (TPSA) is 49.9 Å². The van der Waals surface area contributed by atoms with Gasteiger partial charge < -0.3 is 14.5 Å². The van der Waals surface area contributed by atoms with Crippen LogP contribution in [0.3, 0.4) is 0 Å². The summed E-state index contributed by atoms with van der Waals surface area (Å²) in [5.74, 6) is 1.04. The van der Waals surface area contributed by atoms with Crippen molar-refractivity contribution in [3.05, 3.63) is 84.9 Å². The SMILES string of the molecule is CC(=O)N(CCC(=O)N(C)c1ccccc1)c1ccccc1Oc1ccccc1. The molecule has 3 aromatic rings. The van der Waals surface area contributed by atoms with Gasteiger partial charge in [0, 0.05) is 32.6 Å². The maximum Gasteiger partial charge on any atom is 0.228 e. The monoisotopic (exact) mass is 388 g/mol. The van der Waals surface area contributed by atoms with Gasteiger partial charge >= 0.3 is 0 Å². The molecule has 3 rings (SSSR count). The van der Waals surface area contributed by atoms with Crippen LogP contribution in [0.1, 0.15) is 13.3 Å². The molecule has 0 radical (unpaired) electrons. The van der Waals surface area contributed by atoms with Gasteiger partial charge in [-0.15, -0.1) is 0 Å². The summed E-state index contributed by atoms with van der Waals surface area (Å²) in [5.41, 5.74) is 1.46. The lowest BCUT2D eigenvalue weighted by Gasteiger charge is -2.25. The molecule has 0 aliphatic heterocycles. The standard InChI is InChI=1S/C24H24N2O3/c1-19(27)26(18-17-24(28)25(2)20-11-5-3-6-12-20)22-15-9-10-16-23(22)29-21-13-7-4-8-14-21/h3-16H,17-18H2,1-2H3. The number of hydrogen-bond acceptors (Lipinski definition) is 3. The Kier molecular flexibility index (Phi) is 6.63. The molecule has 29 heavy (non-hydrogen) atoms. The van der Waals surface area contributed by atoms with Crippen LogP contribution in [-0.4, -0.2) is 25.4 Å². The van der Waals surface area contributed by atoms with E-state index in [1.54, 1.807) is 16.8 Å². The van der Waals surface area contributed by atoms with Gasteiger partial charge in [0.15, 0.2) is 5.75 Å². The van der Waals surface area contributed by atoms with Gasteiger partial charge in [-0.25, -0.2) is 0 Å². The van der Waals surface area contributed by atoms with Crippen molar-refractivity contribution in [3.63, 3.8) is 0 Å². The largest absolute Gasteiger partial charge is 0.455 e. The summed E-state index contributed by atoms with van der Waals surface area (Å²) in [6, 6.07) is 26.2. The Balaban J connectivity index is 1.75. The third-order valence-electron chi connectivity index (χ3n) is 4.57. The highest BCUT2D eigenvalue weighted by molar-refractivity contribution is 5.96. The van der Waals surface area contributed by atoms with Crippen molar-refractivity contribution in [3.8, 4) is 11.5 Å². The molecule has 0 aliphatic carbocycles. The van der Waals surface area contributed by atoms with Crippen LogP contribution in [0.2, 0.25) is 0 Å². The fourth-order valence-electron chi connectivity index (χ4n) is 3.00. The van der Waals surface area contributed by atoms with E-state index in [-0.39, 0.29) is 24.8 Å². The lowest BCUT2D eigenvalue weighted by Crippen LogP contribution is -2.34. The van der Waals surface area contributed by atoms with Crippen LogP contribution < -0.4 is 14.5 Å². The van der Waals surface area contributed by atoms with Gasteiger partial charge in [-0.1, -0.05) is 48.5 Å². The number of anilines is 2. The summed E-state index contributed by atoms with van der Waals surface area (Å²) in [7, 11) is 1.74. The molecular formula is C24H24N2O3. The summed E-state index contributed by atoms with van der Waals surface area (Å²) in [4.78, 5) is 28.2. The first-order valence-corrected chi connectivity index (χ1v) is 9.48. The fraction of sp³-hybridized carbons (Fsp3) is 0.167. The minimum absolute atomic E-state index is 0.0658. The molecule has 0 aliphatic rings. The fourth-order valence-corrected chi connectivity index (χ4v) is 3.00. The third-order valence-corrected chi connectivity index (χ3v) is 4.57. The van der Waals surface area contributed by atoms with Crippen LogP contribution in [0, 0.1) is 0 Å². The van der Waals surface area contributed by atoms with Gasteiger partial charge in [-0.3, -0.25) is 9.59 Å². The smallest absolute Gasteiger partial charge is 0.228 e. The van der Waals surface area contributed by atoms with E-state index >= 15 is 0 Å². The van der Waals surface area contributed by atoms with Crippen molar-refractivity contribution in [2.45, 2.75) is 13.3 Å². The van der Waals surface area contributed by atoms with E-state index in [1.165, 1.54) is 6.92 Å². The number of benzene rings is 3. The summed E-state index contributed by atoms with van der Waals surface area (Å²) < 4.78 is 5.97. The minimum atomic E-state index is -0.149. The van der Waals surface area contributed by atoms with Gasteiger partial charge in [0.1, 0.15) is 5.75 Å². The second-order valence-electron chi connectivity index (χ2n) is 6.59. The van der Waals surface area contributed by atoms with E-state index in [9.17, 15) is 9.59 Å². The number of nitrogens with zero attached hydrogens (tertiary/aromatic N) is 2. The Hall–Kier alpha value is -3.60. The van der Waals surface area contributed by atoms with Crippen LogP contribution in [0.4, 0.5) is 11.4 Å². The van der Waals surface area contributed by atoms with Crippen molar-refractivity contribution in [1.82, 2.24) is 0 Å². The lowest BCUT2D eigenvalue weighted by atomic mass is 10.2. The first kappa shape index (κ1) is 20.1. The molecule has 0 spiro atoms. The Morgan fingerprint density at radius 1 is 0.828 bits per heavy atom. The average molecular weight is 388 g/mol. The van der Waals surface area contributed by atoms with E-state index in [0.717, 1.165) is 5.69 Å². The number of hydrogen-bond donors (Lipinski definition) is 0. The molecule has 0 saturated heterocycles. The number of carbonyl (C=O) groups excluding carboxylic acids is 2. The number of ether oxygens (including phenoxy) is 1. The third kappa shape index (κ3) is 5.23. The zero-order valence-corrected chi connectivity index (χ0v) is 16.6. The van der Waals surface area contributed by atoms with Crippen LogP contribution in [0.25, 0.3) is 0 Å². The highest BCUT2D eigenvalue weighted by Crippen LogP contribution is 2.32. The molecular weight excluding hydrogens is 364 g/mol. The molecule has 0 atom stereocenters. The zero-order chi connectivity index (χ0) is 20.6. The van der Waals surface area contributed by atoms with Crippen molar-refractivity contribution in [2.75, 3.05) is 23.4 Å². The van der Waals surface area contributed by atoms with E-state index in [4.69, 9.17) is 4.74 Å². The quantitative estimate of drug-likeness (QED) is 0.579. The zero-order valence-electron chi connectivity index (χ0n) is 16.6. The van der Waals surface area contributed by atoms with E-state index in [2.05, 4.69) is 0 Å². The van der Waals surface area contributed by atoms with Crippen LogP contribution >= 0.6 is 0 Å². The summed E-state index contributed by atoms with van der Waals surface area (Å²) in [6.07, 6.45) is 0.199. The van der Waals surface area contributed by atoms with Crippen LogP contribution in [-0.2, 0) is 9.59 Å². The molecule has 0 bridgehead atoms. The van der Waals surface area contributed by atoms with Crippen molar-refractivity contribution < 1.29 is 14.3 Å². The van der Waals surface area contributed by atoms with Crippen molar-refractivity contribution in [2.24, 2.45) is 0 Å². The maximum absolute atomic E-state index is 12.6. The minimum Gasteiger partial charge on any atom is -0.455 e. The molecule has 5 heteroatoms. The number of carbonyl (C=O) groups is 2. The van der Waals surface area contributed by atoms with Crippen molar-refractivity contribution >= 4 is 23.2 Å². The molecule has 0 saturated carbocycles. The van der Waals surface area contributed by atoms with Gasteiger partial charge in [0.05, 0.1) is 5.69 Å². The molecule has 0 heterocycles. The van der Waals surface area contributed by atoms with Gasteiger partial charge in [-0.05, 0) is 36.4 Å². The Bertz CT molecular complexity index is 958. The number of rotatable bonds is 7. The highest BCUT2D eigenvalue weighted by Gasteiger charge is 2.19. The molecule has 148 valence electrons. The van der Waals surface area contributed by atoms with Gasteiger partial charge in [0.25, 0.3) is 0 Å². The maximum atomic E-state index is 12.6. The molecule has 2 amide bonds. The second kappa shape index (κ2) is 9.55. The Labute approximate surface area is 171 Å². The van der Waals surface area contributed by atoms with E-state index in [0.29, 0.717) is 17.2 Å². The average Bonchev–Trinajstić information content (AvgIpc) is 2.75. The first-order valence-electron chi connectivity index (χ1n) is 9.48. The molecule has 0 unspecified atom stereocenters. The summed E-state index contributed by atoms with van der Waals surface area (Å²) >= 11 is 0. The Morgan fingerprint density at radius 3 is 2.07 bits per heavy atom. The summed E-state index contributed by atoms with van der Waals surface area (Å²) in [5, 5.41) is 0. The molecule has 0 fully saturated rings. The van der Waals surface area contributed by atoms with E-state index < -0.39 is 0 Å². The predicted molar refractivity (Wildman–Crippen MR) is 115 cm³/mol. The molecule has 3 aromatic carbocycles. The normalized spacial score (nSPS) is 10.3. The molecule has 0 aromatic heterocycles. The number of para-hydroxylation sites is 4. The first-order chi connectivity index (χ1) is 14.1. The highest BCUT2D eigenvalue weighted by atomic mass is 16.5. The van der Waals surface area contributed by atoms with Crippen LogP contribution in [0.15, 0.2) is 84.9 Å². The van der Waals surface area contributed by atoms with E-state index in [1.807, 2.05) is 84.9 Å².